The highest BCUT2D eigenvalue weighted by molar-refractivity contribution is 9.10. The molecule has 0 aliphatic rings. The molecule has 0 aliphatic heterocycles. The largest absolute Gasteiger partial charge is 0.443 e. The SMILES string of the molecule is Cc1c(Br)ccc2ccn(C(=O)OC(C)(C)C)c12. The smallest absolute Gasteiger partial charge is 0.419 e. The van der Waals surface area contributed by atoms with Crippen LogP contribution in [0.25, 0.3) is 10.9 Å². The third kappa shape index (κ3) is 2.43. The number of fused-ring (bicyclic) bond motifs is 1. The lowest BCUT2D eigenvalue weighted by molar-refractivity contribution is 0.0544. The van der Waals surface area contributed by atoms with Crippen molar-refractivity contribution in [2.45, 2.75) is 33.3 Å². The summed E-state index contributed by atoms with van der Waals surface area (Å²) < 4.78 is 7.93. The Labute approximate surface area is 115 Å². The molecule has 0 aliphatic carbocycles. The van der Waals surface area contributed by atoms with Crippen LogP contribution in [0.2, 0.25) is 0 Å². The van der Waals surface area contributed by atoms with Gasteiger partial charge in [0.15, 0.2) is 0 Å². The molecule has 0 N–H and O–H groups in total. The zero-order valence-electron chi connectivity index (χ0n) is 11.0. The first-order valence-electron chi connectivity index (χ1n) is 5.79. The normalized spacial score (nSPS) is 11.8. The van der Waals surface area contributed by atoms with Crippen LogP contribution in [-0.4, -0.2) is 16.3 Å². The predicted octanol–water partition coefficient (Wildman–Crippen LogP) is 4.50. The van der Waals surface area contributed by atoms with Crippen molar-refractivity contribution in [1.82, 2.24) is 4.57 Å². The van der Waals surface area contributed by atoms with Gasteiger partial charge in [-0.1, -0.05) is 22.0 Å². The number of rotatable bonds is 0. The van der Waals surface area contributed by atoms with Crippen LogP contribution < -0.4 is 0 Å². The highest BCUT2D eigenvalue weighted by Gasteiger charge is 2.19. The molecule has 1 aromatic carbocycles. The fourth-order valence-corrected chi connectivity index (χ4v) is 2.16. The molecule has 4 heteroatoms. The highest BCUT2D eigenvalue weighted by atomic mass is 79.9. The summed E-state index contributed by atoms with van der Waals surface area (Å²) in [6, 6.07) is 5.88. The first-order chi connectivity index (χ1) is 8.29. The van der Waals surface area contributed by atoms with Crippen LogP contribution >= 0.6 is 15.9 Å². The topological polar surface area (TPSA) is 31.2 Å². The van der Waals surface area contributed by atoms with Crippen LogP contribution in [-0.2, 0) is 4.74 Å². The van der Waals surface area contributed by atoms with Crippen LogP contribution in [0.3, 0.4) is 0 Å². The molecule has 96 valence electrons. The molecule has 0 saturated heterocycles. The second-order valence-electron chi connectivity index (χ2n) is 5.28. The Morgan fingerprint density at radius 2 is 1.94 bits per heavy atom. The zero-order valence-corrected chi connectivity index (χ0v) is 12.5. The maximum atomic E-state index is 12.1. The summed E-state index contributed by atoms with van der Waals surface area (Å²) in [5.74, 6) is 0. The van der Waals surface area contributed by atoms with Gasteiger partial charge >= 0.3 is 6.09 Å². The summed E-state index contributed by atoms with van der Waals surface area (Å²) >= 11 is 3.48. The minimum absolute atomic E-state index is 0.348. The van der Waals surface area contributed by atoms with E-state index in [-0.39, 0.29) is 6.09 Å². The molecule has 0 unspecified atom stereocenters. The first kappa shape index (κ1) is 13.1. The van der Waals surface area contributed by atoms with Gasteiger partial charge in [-0.2, -0.15) is 0 Å². The molecule has 1 aromatic heterocycles. The first-order valence-corrected chi connectivity index (χ1v) is 6.58. The van der Waals surface area contributed by atoms with Crippen LogP contribution in [0.5, 0.6) is 0 Å². The van der Waals surface area contributed by atoms with E-state index in [2.05, 4.69) is 15.9 Å². The third-order valence-corrected chi connectivity index (χ3v) is 3.49. The van der Waals surface area contributed by atoms with Crippen molar-refractivity contribution in [2.75, 3.05) is 0 Å². The summed E-state index contributed by atoms with van der Waals surface area (Å²) in [6.45, 7) is 7.56. The predicted molar refractivity (Wildman–Crippen MR) is 76.0 cm³/mol. The number of hydrogen-bond acceptors (Lipinski definition) is 2. The summed E-state index contributed by atoms with van der Waals surface area (Å²) in [5.41, 5.74) is 1.43. The van der Waals surface area contributed by atoms with E-state index in [1.807, 2.05) is 45.9 Å². The van der Waals surface area contributed by atoms with Crippen molar-refractivity contribution in [3.8, 4) is 0 Å². The Balaban J connectivity index is 2.52. The quantitative estimate of drug-likeness (QED) is 0.717. The second-order valence-corrected chi connectivity index (χ2v) is 6.13. The van der Waals surface area contributed by atoms with Crippen molar-refractivity contribution < 1.29 is 9.53 Å². The van der Waals surface area contributed by atoms with Gasteiger partial charge in [0.05, 0.1) is 5.52 Å². The minimum atomic E-state index is -0.492. The van der Waals surface area contributed by atoms with Crippen LogP contribution in [0.1, 0.15) is 26.3 Å². The van der Waals surface area contributed by atoms with Crippen LogP contribution in [0.4, 0.5) is 4.79 Å². The number of nitrogens with zero attached hydrogens (tertiary/aromatic N) is 1. The standard InChI is InChI=1S/C14H16BrNO2/c1-9-11(15)6-5-10-7-8-16(12(9)10)13(17)18-14(2,3)4/h5-8H,1-4H3. The van der Waals surface area contributed by atoms with Crippen LogP contribution in [0, 0.1) is 6.92 Å². The van der Waals surface area contributed by atoms with Gasteiger partial charge in [0.2, 0.25) is 0 Å². The summed E-state index contributed by atoms with van der Waals surface area (Å²) in [6.07, 6.45) is 1.40. The molecule has 0 radical (unpaired) electrons. The molecule has 18 heavy (non-hydrogen) atoms. The number of ether oxygens (including phenoxy) is 1. The van der Waals surface area contributed by atoms with Crippen molar-refractivity contribution in [3.63, 3.8) is 0 Å². The number of hydrogen-bond donors (Lipinski definition) is 0. The molecular formula is C14H16BrNO2. The van der Waals surface area contributed by atoms with E-state index in [4.69, 9.17) is 4.74 Å². The van der Waals surface area contributed by atoms with E-state index in [9.17, 15) is 4.79 Å². The average Bonchev–Trinajstić information content (AvgIpc) is 2.65. The van der Waals surface area contributed by atoms with Gasteiger partial charge in [0.25, 0.3) is 0 Å². The molecule has 0 saturated carbocycles. The monoisotopic (exact) mass is 309 g/mol. The lowest BCUT2D eigenvalue weighted by atomic mass is 10.2. The molecule has 2 rings (SSSR count). The lowest BCUT2D eigenvalue weighted by Crippen LogP contribution is -2.26. The average molecular weight is 310 g/mol. The van der Waals surface area contributed by atoms with Gasteiger partial charge in [0.1, 0.15) is 5.60 Å². The highest BCUT2D eigenvalue weighted by Crippen LogP contribution is 2.27. The van der Waals surface area contributed by atoms with Gasteiger partial charge in [-0.05, 0) is 45.4 Å². The second kappa shape index (κ2) is 4.43. The van der Waals surface area contributed by atoms with Crippen molar-refractivity contribution in [2.24, 2.45) is 0 Å². The van der Waals surface area contributed by atoms with E-state index in [1.165, 1.54) is 0 Å². The van der Waals surface area contributed by atoms with Gasteiger partial charge in [-0.3, -0.25) is 4.57 Å². The number of aromatic nitrogens is 1. The molecule has 0 fully saturated rings. The molecule has 0 bridgehead atoms. The molecule has 0 spiro atoms. The Morgan fingerprint density at radius 1 is 1.28 bits per heavy atom. The number of halogens is 1. The maximum absolute atomic E-state index is 12.1. The summed E-state index contributed by atoms with van der Waals surface area (Å²) in [4.78, 5) is 12.1. The minimum Gasteiger partial charge on any atom is -0.443 e. The third-order valence-electron chi connectivity index (χ3n) is 2.63. The number of aryl methyl sites for hydroxylation is 1. The Hall–Kier alpha value is -1.29. The summed E-state index contributed by atoms with van der Waals surface area (Å²) in [5, 5.41) is 1.03. The van der Waals surface area contributed by atoms with E-state index < -0.39 is 5.60 Å². The van der Waals surface area contributed by atoms with Crippen LogP contribution in [0.15, 0.2) is 28.9 Å². The van der Waals surface area contributed by atoms with Crippen molar-refractivity contribution >= 4 is 32.9 Å². The molecule has 0 amide bonds. The molecule has 1 heterocycles. The van der Waals surface area contributed by atoms with Crippen molar-refractivity contribution in [3.05, 3.63) is 34.4 Å². The van der Waals surface area contributed by atoms with Gasteiger partial charge in [0, 0.05) is 16.1 Å². The Morgan fingerprint density at radius 3 is 2.56 bits per heavy atom. The molecule has 2 aromatic rings. The fraction of sp³-hybridized carbons (Fsp3) is 0.357. The number of carbonyl (C=O) groups excluding carboxylic acids is 1. The van der Waals surface area contributed by atoms with E-state index in [1.54, 1.807) is 10.8 Å². The molecular weight excluding hydrogens is 294 g/mol. The molecule has 0 atom stereocenters. The van der Waals surface area contributed by atoms with E-state index in [0.29, 0.717) is 0 Å². The van der Waals surface area contributed by atoms with E-state index in [0.717, 1.165) is 20.9 Å². The number of benzene rings is 1. The molecule has 3 nitrogen and oxygen atoms in total. The fourth-order valence-electron chi connectivity index (χ4n) is 1.84. The maximum Gasteiger partial charge on any atom is 0.419 e. The van der Waals surface area contributed by atoms with Gasteiger partial charge in [-0.25, -0.2) is 4.79 Å². The Bertz CT molecular complexity index is 608. The number of carbonyl (C=O) groups is 1. The summed E-state index contributed by atoms with van der Waals surface area (Å²) in [7, 11) is 0. The lowest BCUT2D eigenvalue weighted by Gasteiger charge is -2.20. The Kier molecular flexibility index (Phi) is 3.23. The van der Waals surface area contributed by atoms with Gasteiger partial charge in [-0.15, -0.1) is 0 Å². The van der Waals surface area contributed by atoms with E-state index >= 15 is 0 Å². The van der Waals surface area contributed by atoms with Gasteiger partial charge < -0.3 is 4.74 Å². The zero-order chi connectivity index (χ0) is 13.5. The van der Waals surface area contributed by atoms with Crippen molar-refractivity contribution in [1.29, 1.82) is 0 Å².